The van der Waals surface area contributed by atoms with Crippen LogP contribution in [0, 0.1) is 0 Å². The van der Waals surface area contributed by atoms with Crippen molar-refractivity contribution in [1.82, 2.24) is 9.78 Å². The molecule has 0 radical (unpaired) electrons. The average Bonchev–Trinajstić information content (AvgIpc) is 3.02. The number of benzene rings is 1. The second kappa shape index (κ2) is 6.43. The van der Waals surface area contributed by atoms with Gasteiger partial charge in [-0.3, -0.25) is 4.68 Å². The van der Waals surface area contributed by atoms with Gasteiger partial charge >= 0.3 is 7.12 Å². The third-order valence-electron chi connectivity index (χ3n) is 4.95. The van der Waals surface area contributed by atoms with Gasteiger partial charge in [0.1, 0.15) is 5.73 Å². The summed E-state index contributed by atoms with van der Waals surface area (Å²) < 4.78 is 27.8. The zero-order valence-electron chi connectivity index (χ0n) is 15.4. The third kappa shape index (κ3) is 3.55. The minimum absolute atomic E-state index is 0.401. The highest BCUT2D eigenvalue weighted by molar-refractivity contribution is 6.53. The van der Waals surface area contributed by atoms with Crippen molar-refractivity contribution in [3.05, 3.63) is 53.9 Å². The van der Waals surface area contributed by atoms with E-state index in [-0.39, 0.29) is 0 Å². The van der Waals surface area contributed by atoms with Gasteiger partial charge in [-0.25, -0.2) is 4.39 Å². The summed E-state index contributed by atoms with van der Waals surface area (Å²) >= 11 is 0. The van der Waals surface area contributed by atoms with Crippen molar-refractivity contribution in [1.29, 1.82) is 0 Å². The van der Waals surface area contributed by atoms with Crippen molar-refractivity contribution >= 4 is 7.12 Å². The number of aryl methyl sites for hydroxylation is 1. The first-order chi connectivity index (χ1) is 11.7. The van der Waals surface area contributed by atoms with E-state index in [0.29, 0.717) is 6.42 Å². The summed E-state index contributed by atoms with van der Waals surface area (Å²) in [7, 11) is 0.909. The number of hydrogen-bond acceptors (Lipinski definition) is 3. The normalized spacial score (nSPS) is 19.4. The molecule has 1 aliphatic heterocycles. The second-order valence-corrected chi connectivity index (χ2v) is 7.42. The van der Waals surface area contributed by atoms with E-state index in [1.807, 2.05) is 71.3 Å². The molecule has 2 aromatic rings. The van der Waals surface area contributed by atoms with Crippen LogP contribution in [0.5, 0.6) is 0 Å². The third-order valence-corrected chi connectivity index (χ3v) is 4.95. The van der Waals surface area contributed by atoms with E-state index in [1.54, 1.807) is 4.68 Å². The second-order valence-electron chi connectivity index (χ2n) is 7.42. The van der Waals surface area contributed by atoms with E-state index in [1.165, 1.54) is 6.08 Å². The van der Waals surface area contributed by atoms with Gasteiger partial charge in [0.2, 0.25) is 0 Å². The topological polar surface area (TPSA) is 36.3 Å². The minimum atomic E-state index is -0.957. The molecule has 2 heterocycles. The number of aromatic nitrogens is 2. The van der Waals surface area contributed by atoms with Gasteiger partial charge in [0.25, 0.3) is 0 Å². The maximum absolute atomic E-state index is 14.6. The van der Waals surface area contributed by atoms with Gasteiger partial charge in [-0.15, -0.1) is 0 Å². The van der Waals surface area contributed by atoms with Crippen molar-refractivity contribution in [2.45, 2.75) is 45.3 Å². The van der Waals surface area contributed by atoms with E-state index < -0.39 is 24.0 Å². The van der Waals surface area contributed by atoms with Gasteiger partial charge in [-0.1, -0.05) is 36.4 Å². The zero-order valence-corrected chi connectivity index (χ0v) is 15.4. The molecule has 0 N–H and O–H groups in total. The van der Waals surface area contributed by atoms with Crippen LogP contribution in [-0.2, 0) is 22.8 Å². The molecule has 0 spiro atoms. The molecule has 132 valence electrons. The first kappa shape index (κ1) is 17.9. The Morgan fingerprint density at radius 1 is 1.16 bits per heavy atom. The van der Waals surface area contributed by atoms with E-state index in [4.69, 9.17) is 9.31 Å². The molecule has 1 saturated heterocycles. The van der Waals surface area contributed by atoms with E-state index in [2.05, 4.69) is 5.10 Å². The summed E-state index contributed by atoms with van der Waals surface area (Å²) in [6, 6.07) is 9.90. The Morgan fingerprint density at radius 2 is 1.76 bits per heavy atom. The summed E-state index contributed by atoms with van der Waals surface area (Å²) in [6.45, 7) is 7.65. The number of nitrogens with zero attached hydrogens (tertiary/aromatic N) is 2. The van der Waals surface area contributed by atoms with Gasteiger partial charge in [0.05, 0.1) is 16.9 Å². The Kier molecular flexibility index (Phi) is 4.60. The van der Waals surface area contributed by atoms with Crippen LogP contribution in [0.2, 0.25) is 0 Å². The molecule has 1 aromatic carbocycles. The summed E-state index contributed by atoms with van der Waals surface area (Å²) in [5.41, 5.74) is 1.34. The van der Waals surface area contributed by atoms with E-state index >= 15 is 0 Å². The van der Waals surface area contributed by atoms with Crippen molar-refractivity contribution in [3.8, 4) is 11.3 Å². The fourth-order valence-electron chi connectivity index (χ4n) is 2.79. The number of rotatable bonds is 4. The molecule has 4 nitrogen and oxygen atoms in total. The predicted molar refractivity (Wildman–Crippen MR) is 97.6 cm³/mol. The number of halogens is 1. The van der Waals surface area contributed by atoms with Gasteiger partial charge < -0.3 is 9.31 Å². The molecule has 6 heteroatoms. The Balaban J connectivity index is 1.79. The van der Waals surface area contributed by atoms with Crippen LogP contribution in [0.3, 0.4) is 0 Å². The number of hydrogen-bond donors (Lipinski definition) is 0. The molecule has 0 amide bonds. The Labute approximate surface area is 148 Å². The summed E-state index contributed by atoms with van der Waals surface area (Å²) in [5, 5.41) is 4.50. The lowest BCUT2D eigenvalue weighted by molar-refractivity contribution is 0.00578. The Morgan fingerprint density at radius 3 is 2.36 bits per heavy atom. The highest BCUT2D eigenvalue weighted by Crippen LogP contribution is 2.38. The van der Waals surface area contributed by atoms with Gasteiger partial charge in [0.15, 0.2) is 0 Å². The lowest BCUT2D eigenvalue weighted by Gasteiger charge is -2.32. The van der Waals surface area contributed by atoms with Crippen LogP contribution < -0.4 is 0 Å². The highest BCUT2D eigenvalue weighted by Gasteiger charge is 2.52. The van der Waals surface area contributed by atoms with Crippen molar-refractivity contribution < 1.29 is 13.7 Å². The molecule has 0 aliphatic carbocycles. The van der Waals surface area contributed by atoms with Crippen LogP contribution in [-0.4, -0.2) is 28.1 Å². The van der Waals surface area contributed by atoms with Gasteiger partial charge in [-0.05, 0) is 34.1 Å². The minimum Gasteiger partial charge on any atom is -0.398 e. The summed E-state index contributed by atoms with van der Waals surface area (Å²) in [5.74, 6) is 0. The quantitative estimate of drug-likeness (QED) is 0.785. The van der Waals surface area contributed by atoms with Crippen LogP contribution in [0.4, 0.5) is 4.39 Å². The lowest BCUT2D eigenvalue weighted by atomic mass is 9.87. The molecule has 3 rings (SSSR count). The lowest BCUT2D eigenvalue weighted by Crippen LogP contribution is -2.41. The smallest absolute Gasteiger partial charge is 0.398 e. The van der Waals surface area contributed by atoms with Crippen LogP contribution in [0.1, 0.15) is 33.3 Å². The monoisotopic (exact) mass is 342 g/mol. The molecule has 1 fully saturated rings. The maximum Gasteiger partial charge on any atom is 0.524 e. The Hall–Kier alpha value is -1.92. The molecule has 0 bridgehead atoms. The van der Waals surface area contributed by atoms with Crippen LogP contribution in [0.25, 0.3) is 11.3 Å². The first-order valence-corrected chi connectivity index (χ1v) is 8.49. The van der Waals surface area contributed by atoms with Crippen molar-refractivity contribution in [2.24, 2.45) is 7.05 Å². The van der Waals surface area contributed by atoms with Crippen molar-refractivity contribution in [3.63, 3.8) is 0 Å². The maximum atomic E-state index is 14.6. The largest absolute Gasteiger partial charge is 0.524 e. The van der Waals surface area contributed by atoms with Crippen LogP contribution in [0.15, 0.2) is 48.3 Å². The predicted octanol–water partition coefficient (Wildman–Crippen LogP) is 4.11. The number of allylic oxidation sites excluding steroid dienone is 1. The summed E-state index contributed by atoms with van der Waals surface area (Å²) in [4.78, 5) is 0. The molecule has 1 aromatic heterocycles. The van der Waals surface area contributed by atoms with E-state index in [9.17, 15) is 4.39 Å². The molecular weight excluding hydrogens is 318 g/mol. The fourth-order valence-corrected chi connectivity index (χ4v) is 2.79. The average molecular weight is 342 g/mol. The molecule has 25 heavy (non-hydrogen) atoms. The molecule has 1 aliphatic rings. The SMILES string of the molecule is Cn1cc(CC=C(F)B2OC(C)(C)C(C)(C)O2)c(-c2ccccc2)n1. The highest BCUT2D eigenvalue weighted by atomic mass is 19.1. The van der Waals surface area contributed by atoms with E-state index in [0.717, 1.165) is 16.8 Å². The molecular formula is C19H24BFN2O2. The first-order valence-electron chi connectivity index (χ1n) is 8.49. The summed E-state index contributed by atoms with van der Waals surface area (Å²) in [6.07, 6.45) is 3.86. The fraction of sp³-hybridized carbons (Fsp3) is 0.421. The zero-order chi connectivity index (χ0) is 18.2. The van der Waals surface area contributed by atoms with Gasteiger partial charge in [0, 0.05) is 24.4 Å². The molecule has 0 unspecified atom stereocenters. The van der Waals surface area contributed by atoms with Crippen LogP contribution >= 0.6 is 0 Å². The molecule has 0 atom stereocenters. The Bertz CT molecular complexity index is 768. The molecule has 0 saturated carbocycles. The standard InChI is InChI=1S/C19H24BFN2O2/c1-18(2)19(3,4)25-20(24-18)16(21)12-11-15-13-23(5)22-17(15)14-9-7-6-8-10-14/h6-10,12-13H,11H2,1-5H3. The van der Waals surface area contributed by atoms with Crippen molar-refractivity contribution in [2.75, 3.05) is 0 Å². The van der Waals surface area contributed by atoms with Gasteiger partial charge in [-0.2, -0.15) is 5.10 Å².